The first kappa shape index (κ1) is 22.7. The Morgan fingerprint density at radius 2 is 2.12 bits per heavy atom. The molecule has 2 rings (SSSR count). The minimum absolute atomic E-state index is 0. The van der Waals surface area contributed by atoms with E-state index >= 15 is 0 Å². The molecule has 8 heteroatoms. The van der Waals surface area contributed by atoms with E-state index in [1.54, 1.807) is 25.2 Å². The molecule has 1 fully saturated rings. The van der Waals surface area contributed by atoms with Crippen molar-refractivity contribution in [3.63, 3.8) is 0 Å². The van der Waals surface area contributed by atoms with Crippen LogP contribution in [0.5, 0.6) is 0 Å². The van der Waals surface area contributed by atoms with E-state index < -0.39 is 14.6 Å². The lowest BCUT2D eigenvalue weighted by Crippen LogP contribution is -2.57. The monoisotopic (exact) mass is 499 g/mol. The number of guanidine groups is 1. The Balaban J connectivity index is 0.00000312. The molecular formula is C17H30IN3O2S2. The van der Waals surface area contributed by atoms with E-state index in [-0.39, 0.29) is 35.1 Å². The van der Waals surface area contributed by atoms with Crippen molar-refractivity contribution in [3.05, 3.63) is 22.4 Å². The highest BCUT2D eigenvalue weighted by Gasteiger charge is 2.41. The van der Waals surface area contributed by atoms with Crippen LogP contribution < -0.4 is 5.32 Å². The average Bonchev–Trinajstić information content (AvgIpc) is 3.01. The Bertz CT molecular complexity index is 683. The van der Waals surface area contributed by atoms with Crippen LogP contribution in [0.3, 0.4) is 0 Å². The summed E-state index contributed by atoms with van der Waals surface area (Å²) in [4.78, 5) is 8.21. The molecule has 0 aliphatic carbocycles. The fourth-order valence-corrected chi connectivity index (χ4v) is 4.97. The number of sulfone groups is 1. The van der Waals surface area contributed by atoms with Gasteiger partial charge in [-0.25, -0.2) is 8.42 Å². The zero-order valence-corrected chi connectivity index (χ0v) is 19.7. The normalized spacial score (nSPS) is 20.0. The van der Waals surface area contributed by atoms with Gasteiger partial charge in [-0.3, -0.25) is 4.99 Å². The second-order valence-electron chi connectivity index (χ2n) is 7.53. The molecule has 25 heavy (non-hydrogen) atoms. The quantitative estimate of drug-likeness (QED) is 0.393. The fourth-order valence-electron chi connectivity index (χ4n) is 2.76. The van der Waals surface area contributed by atoms with Gasteiger partial charge in [0.05, 0.1) is 17.0 Å². The minimum Gasteiger partial charge on any atom is -0.357 e. The molecule has 0 saturated carbocycles. The zero-order valence-electron chi connectivity index (χ0n) is 15.7. The summed E-state index contributed by atoms with van der Waals surface area (Å²) >= 11 is 1.75. The number of hydrogen-bond acceptors (Lipinski definition) is 4. The van der Waals surface area contributed by atoms with Crippen LogP contribution in [0, 0.1) is 0 Å². The maximum Gasteiger partial charge on any atom is 0.194 e. The number of nitrogens with zero attached hydrogens (tertiary/aromatic N) is 2. The Labute approximate surface area is 173 Å². The summed E-state index contributed by atoms with van der Waals surface area (Å²) in [6, 6.07) is 4.21. The lowest BCUT2D eigenvalue weighted by atomic mass is 9.92. The number of halogens is 1. The van der Waals surface area contributed by atoms with E-state index in [0.29, 0.717) is 19.6 Å². The highest BCUT2D eigenvalue weighted by atomic mass is 127. The van der Waals surface area contributed by atoms with E-state index in [0.717, 1.165) is 12.5 Å². The van der Waals surface area contributed by atoms with E-state index in [4.69, 9.17) is 4.99 Å². The first-order valence-corrected chi connectivity index (χ1v) is 10.9. The summed E-state index contributed by atoms with van der Waals surface area (Å²) in [7, 11) is -3.04. The molecule has 0 amide bonds. The van der Waals surface area contributed by atoms with Gasteiger partial charge in [0.2, 0.25) is 0 Å². The molecule has 1 aromatic heterocycles. The molecule has 1 aliphatic rings. The molecular weight excluding hydrogens is 469 g/mol. The van der Waals surface area contributed by atoms with Crippen molar-refractivity contribution in [1.29, 1.82) is 0 Å². The average molecular weight is 499 g/mol. The number of rotatable bonds is 4. The van der Waals surface area contributed by atoms with Crippen molar-refractivity contribution in [2.75, 3.05) is 31.9 Å². The topological polar surface area (TPSA) is 61.8 Å². The molecule has 0 aromatic carbocycles. The van der Waals surface area contributed by atoms with Crippen LogP contribution in [0.15, 0.2) is 22.5 Å². The second-order valence-corrected chi connectivity index (χ2v) is 11.2. The van der Waals surface area contributed by atoms with Crippen LogP contribution in [0.2, 0.25) is 0 Å². The molecule has 5 nitrogen and oxygen atoms in total. The van der Waals surface area contributed by atoms with Crippen LogP contribution in [0.25, 0.3) is 0 Å². The largest absolute Gasteiger partial charge is 0.357 e. The maximum atomic E-state index is 12.2. The lowest BCUT2D eigenvalue weighted by molar-refractivity contribution is 0.352. The molecule has 1 aromatic rings. The van der Waals surface area contributed by atoms with Crippen LogP contribution in [0.4, 0.5) is 0 Å². The zero-order chi connectivity index (χ0) is 18.0. The molecule has 1 saturated heterocycles. The number of thiophene rings is 1. The van der Waals surface area contributed by atoms with Crippen molar-refractivity contribution in [1.82, 2.24) is 10.2 Å². The van der Waals surface area contributed by atoms with Gasteiger partial charge in [-0.15, -0.1) is 35.3 Å². The first-order valence-electron chi connectivity index (χ1n) is 8.38. The van der Waals surface area contributed by atoms with Crippen LogP contribution in [-0.2, 0) is 15.3 Å². The predicted molar refractivity (Wildman–Crippen MR) is 118 cm³/mol. The van der Waals surface area contributed by atoms with E-state index in [1.807, 2.05) is 6.92 Å². The summed E-state index contributed by atoms with van der Waals surface area (Å²) in [5.41, 5.74) is -0.0355. The van der Waals surface area contributed by atoms with Gasteiger partial charge in [-0.05, 0) is 32.2 Å². The smallest absolute Gasteiger partial charge is 0.194 e. The highest BCUT2D eigenvalue weighted by Crippen LogP contribution is 2.28. The van der Waals surface area contributed by atoms with Crippen LogP contribution in [-0.4, -0.2) is 56.0 Å². The van der Waals surface area contributed by atoms with Gasteiger partial charge in [-0.1, -0.05) is 19.9 Å². The molecule has 0 spiro atoms. The van der Waals surface area contributed by atoms with E-state index in [1.165, 1.54) is 4.88 Å². The molecule has 2 heterocycles. The predicted octanol–water partition coefficient (Wildman–Crippen LogP) is 3.12. The minimum atomic E-state index is -3.04. The molecule has 144 valence electrons. The first-order chi connectivity index (χ1) is 11.1. The Morgan fingerprint density at radius 3 is 2.64 bits per heavy atom. The van der Waals surface area contributed by atoms with Crippen molar-refractivity contribution >= 4 is 51.1 Å². The number of hydrogen-bond donors (Lipinski definition) is 1. The fraction of sp³-hybridized carbons (Fsp3) is 0.706. The maximum absolute atomic E-state index is 12.2. The van der Waals surface area contributed by atoms with Gasteiger partial charge >= 0.3 is 0 Å². The Kier molecular flexibility index (Phi) is 7.77. The van der Waals surface area contributed by atoms with Gasteiger partial charge < -0.3 is 10.2 Å². The standard InChI is InChI=1S/C17H29N3O2S2.HI/c1-6-18-15(19-12-16(2,3)14-8-7-10-23-14)20-9-11-24(21,22)17(4,5)13-20;/h7-8,10H,6,9,11-13H2,1-5H3,(H,18,19);1H. The molecule has 0 bridgehead atoms. The van der Waals surface area contributed by atoms with Gasteiger partial charge in [0.15, 0.2) is 15.8 Å². The van der Waals surface area contributed by atoms with Crippen LogP contribution >= 0.6 is 35.3 Å². The van der Waals surface area contributed by atoms with Gasteiger partial charge in [0.1, 0.15) is 0 Å². The number of aliphatic imine (C=N–C) groups is 1. The van der Waals surface area contributed by atoms with Crippen molar-refractivity contribution in [2.24, 2.45) is 4.99 Å². The van der Waals surface area contributed by atoms with Crippen molar-refractivity contribution < 1.29 is 8.42 Å². The molecule has 0 unspecified atom stereocenters. The summed E-state index contributed by atoms with van der Waals surface area (Å²) in [6.45, 7) is 12.4. The Hall–Kier alpha value is -0.350. The third-order valence-electron chi connectivity index (χ3n) is 4.49. The molecule has 1 N–H and O–H groups in total. The SMILES string of the molecule is CCNC(=NCC(C)(C)c1cccs1)N1CCS(=O)(=O)C(C)(C)C1.I. The molecule has 0 atom stereocenters. The van der Waals surface area contributed by atoms with E-state index in [9.17, 15) is 8.42 Å². The van der Waals surface area contributed by atoms with Gasteiger partial charge in [0.25, 0.3) is 0 Å². The van der Waals surface area contributed by atoms with Gasteiger partial charge in [0, 0.05) is 29.9 Å². The highest BCUT2D eigenvalue weighted by molar-refractivity contribution is 14.0. The second kappa shape index (κ2) is 8.56. The van der Waals surface area contributed by atoms with Crippen LogP contribution in [0.1, 0.15) is 39.5 Å². The van der Waals surface area contributed by atoms with E-state index in [2.05, 4.69) is 41.6 Å². The Morgan fingerprint density at radius 1 is 1.44 bits per heavy atom. The third-order valence-corrected chi connectivity index (χ3v) is 8.26. The lowest BCUT2D eigenvalue weighted by Gasteiger charge is -2.39. The summed E-state index contributed by atoms with van der Waals surface area (Å²) in [5.74, 6) is 0.990. The molecule has 0 radical (unpaired) electrons. The van der Waals surface area contributed by atoms with Gasteiger partial charge in [-0.2, -0.15) is 0 Å². The summed E-state index contributed by atoms with van der Waals surface area (Å²) < 4.78 is 23.7. The third kappa shape index (κ3) is 5.32. The van der Waals surface area contributed by atoms with Crippen molar-refractivity contribution in [2.45, 2.75) is 44.8 Å². The number of nitrogens with one attached hydrogen (secondary N) is 1. The molecule has 1 aliphatic heterocycles. The van der Waals surface area contributed by atoms with Crippen molar-refractivity contribution in [3.8, 4) is 0 Å². The summed E-state index contributed by atoms with van der Waals surface area (Å²) in [5, 5.41) is 5.41. The summed E-state index contributed by atoms with van der Waals surface area (Å²) in [6.07, 6.45) is 0.